The molecule has 6 heteroatoms. The molecule has 0 unspecified atom stereocenters. The van der Waals surface area contributed by atoms with E-state index in [1.807, 2.05) is 11.5 Å². The standard InChI is InChI=1S/C16H13FN2O2S/c17-12-5-3-11(4-6-12)13-10-22-14(18-13)2-1-9-19-15(20)7-8-16(19)21/h1-8,10,20-21H,9H2. The average Bonchev–Trinajstić information content (AvgIpc) is 3.10. The maximum absolute atomic E-state index is 12.9. The molecule has 2 aromatic heterocycles. The number of hydrogen-bond donors (Lipinski definition) is 2. The topological polar surface area (TPSA) is 58.3 Å². The Labute approximate surface area is 130 Å². The lowest BCUT2D eigenvalue weighted by Crippen LogP contribution is -1.92. The van der Waals surface area contributed by atoms with Crippen molar-refractivity contribution in [2.24, 2.45) is 0 Å². The summed E-state index contributed by atoms with van der Waals surface area (Å²) in [5.41, 5.74) is 1.65. The highest BCUT2D eigenvalue weighted by Crippen LogP contribution is 2.24. The Kier molecular flexibility index (Phi) is 3.93. The van der Waals surface area contributed by atoms with Crippen LogP contribution in [0.3, 0.4) is 0 Å². The number of halogens is 1. The van der Waals surface area contributed by atoms with Crippen LogP contribution in [0.25, 0.3) is 17.3 Å². The van der Waals surface area contributed by atoms with Gasteiger partial charge in [-0.05, 0) is 30.3 Å². The highest BCUT2D eigenvalue weighted by molar-refractivity contribution is 7.10. The van der Waals surface area contributed by atoms with E-state index in [-0.39, 0.29) is 17.6 Å². The smallest absolute Gasteiger partial charge is 0.194 e. The first-order valence-corrected chi connectivity index (χ1v) is 7.47. The fourth-order valence-corrected chi connectivity index (χ4v) is 2.76. The van der Waals surface area contributed by atoms with Gasteiger partial charge in [0, 0.05) is 29.6 Å². The van der Waals surface area contributed by atoms with Crippen molar-refractivity contribution < 1.29 is 14.6 Å². The molecular weight excluding hydrogens is 303 g/mol. The van der Waals surface area contributed by atoms with Crippen molar-refractivity contribution >= 4 is 17.4 Å². The lowest BCUT2D eigenvalue weighted by Gasteiger charge is -2.01. The summed E-state index contributed by atoms with van der Waals surface area (Å²) in [5.74, 6) is -0.257. The zero-order chi connectivity index (χ0) is 15.5. The first-order chi connectivity index (χ1) is 10.6. The molecule has 0 aliphatic heterocycles. The van der Waals surface area contributed by atoms with E-state index in [4.69, 9.17) is 0 Å². The van der Waals surface area contributed by atoms with Crippen LogP contribution >= 0.6 is 11.3 Å². The predicted molar refractivity (Wildman–Crippen MR) is 84.3 cm³/mol. The number of benzene rings is 1. The molecule has 0 aliphatic rings. The van der Waals surface area contributed by atoms with Crippen LogP contribution in [-0.4, -0.2) is 19.8 Å². The van der Waals surface area contributed by atoms with Crippen molar-refractivity contribution in [3.8, 4) is 23.0 Å². The molecule has 0 spiro atoms. The summed E-state index contributed by atoms with van der Waals surface area (Å²) < 4.78 is 14.3. The van der Waals surface area contributed by atoms with Gasteiger partial charge >= 0.3 is 0 Å². The number of thiazole rings is 1. The molecule has 3 aromatic rings. The summed E-state index contributed by atoms with van der Waals surface area (Å²) in [4.78, 5) is 4.45. The van der Waals surface area contributed by atoms with Crippen molar-refractivity contribution in [2.75, 3.05) is 0 Å². The molecule has 112 valence electrons. The predicted octanol–water partition coefficient (Wildman–Crippen LogP) is 3.88. The van der Waals surface area contributed by atoms with Crippen molar-refractivity contribution in [1.82, 2.24) is 9.55 Å². The summed E-state index contributed by atoms with van der Waals surface area (Å²) in [6.07, 6.45) is 3.61. The maximum Gasteiger partial charge on any atom is 0.194 e. The number of aromatic hydroxyl groups is 2. The number of rotatable bonds is 4. The van der Waals surface area contributed by atoms with Crippen LogP contribution in [-0.2, 0) is 6.54 Å². The van der Waals surface area contributed by atoms with E-state index in [1.165, 1.54) is 40.2 Å². The summed E-state index contributed by atoms with van der Waals surface area (Å²) in [6, 6.07) is 9.05. The van der Waals surface area contributed by atoms with E-state index in [1.54, 1.807) is 18.2 Å². The minimum absolute atomic E-state index is 0.00768. The Morgan fingerprint density at radius 2 is 1.77 bits per heavy atom. The number of aromatic nitrogens is 2. The third-order valence-electron chi connectivity index (χ3n) is 3.14. The monoisotopic (exact) mass is 316 g/mol. The second kappa shape index (κ2) is 6.03. The van der Waals surface area contributed by atoms with Crippen molar-refractivity contribution in [2.45, 2.75) is 6.54 Å². The number of allylic oxidation sites excluding steroid dienone is 1. The molecule has 0 saturated carbocycles. The summed E-state index contributed by atoms with van der Waals surface area (Å²) in [6.45, 7) is 0.343. The molecule has 0 fully saturated rings. The highest BCUT2D eigenvalue weighted by Gasteiger charge is 2.04. The Morgan fingerprint density at radius 1 is 1.09 bits per heavy atom. The van der Waals surface area contributed by atoms with Crippen LogP contribution in [0.2, 0.25) is 0 Å². The van der Waals surface area contributed by atoms with E-state index in [0.717, 1.165) is 16.3 Å². The molecule has 0 amide bonds. The molecule has 0 radical (unpaired) electrons. The summed E-state index contributed by atoms with van der Waals surface area (Å²) in [7, 11) is 0. The lowest BCUT2D eigenvalue weighted by molar-refractivity contribution is 0.379. The van der Waals surface area contributed by atoms with Crippen LogP contribution in [0, 0.1) is 5.82 Å². The second-order valence-corrected chi connectivity index (χ2v) is 5.53. The fourth-order valence-electron chi connectivity index (χ4n) is 2.01. The van der Waals surface area contributed by atoms with Gasteiger partial charge in [-0.1, -0.05) is 6.08 Å². The third-order valence-corrected chi connectivity index (χ3v) is 3.95. The Morgan fingerprint density at radius 3 is 2.45 bits per heavy atom. The Hall–Kier alpha value is -2.60. The molecular formula is C16H13FN2O2S. The van der Waals surface area contributed by atoms with E-state index in [9.17, 15) is 14.6 Å². The van der Waals surface area contributed by atoms with E-state index in [2.05, 4.69) is 4.98 Å². The van der Waals surface area contributed by atoms with Gasteiger partial charge < -0.3 is 10.2 Å². The minimum atomic E-state index is -0.273. The number of nitrogens with zero attached hydrogens (tertiary/aromatic N) is 2. The van der Waals surface area contributed by atoms with Crippen molar-refractivity contribution in [3.63, 3.8) is 0 Å². The van der Waals surface area contributed by atoms with Crippen molar-refractivity contribution in [1.29, 1.82) is 0 Å². The largest absolute Gasteiger partial charge is 0.494 e. The molecule has 4 nitrogen and oxygen atoms in total. The Bertz CT molecular complexity index is 786. The first kappa shape index (κ1) is 14.3. The van der Waals surface area contributed by atoms with Gasteiger partial charge in [-0.15, -0.1) is 11.3 Å². The third kappa shape index (κ3) is 3.01. The molecule has 0 bridgehead atoms. The van der Waals surface area contributed by atoms with Gasteiger partial charge in [0.05, 0.1) is 5.69 Å². The van der Waals surface area contributed by atoms with Gasteiger partial charge in [-0.2, -0.15) is 0 Å². The Balaban J connectivity index is 1.71. The molecule has 0 aliphatic carbocycles. The van der Waals surface area contributed by atoms with Gasteiger partial charge in [0.25, 0.3) is 0 Å². The van der Waals surface area contributed by atoms with Gasteiger partial charge in [0.15, 0.2) is 11.8 Å². The SMILES string of the molecule is Oc1ccc(O)n1CC=Cc1nc(-c2ccc(F)cc2)cs1. The van der Waals surface area contributed by atoms with E-state index < -0.39 is 0 Å². The van der Waals surface area contributed by atoms with Crippen LogP contribution < -0.4 is 0 Å². The lowest BCUT2D eigenvalue weighted by atomic mass is 10.2. The molecule has 22 heavy (non-hydrogen) atoms. The molecule has 3 rings (SSSR count). The normalized spacial score (nSPS) is 11.3. The van der Waals surface area contributed by atoms with Crippen LogP contribution in [0.1, 0.15) is 5.01 Å². The van der Waals surface area contributed by atoms with Gasteiger partial charge in [0.2, 0.25) is 0 Å². The average molecular weight is 316 g/mol. The van der Waals surface area contributed by atoms with Crippen LogP contribution in [0.15, 0.2) is 47.9 Å². The molecule has 2 heterocycles. The van der Waals surface area contributed by atoms with Gasteiger partial charge in [0.1, 0.15) is 10.8 Å². The first-order valence-electron chi connectivity index (χ1n) is 6.59. The highest BCUT2D eigenvalue weighted by atomic mass is 32.1. The zero-order valence-electron chi connectivity index (χ0n) is 11.5. The van der Waals surface area contributed by atoms with E-state index in [0.29, 0.717) is 6.54 Å². The quantitative estimate of drug-likeness (QED) is 0.768. The van der Waals surface area contributed by atoms with Crippen LogP contribution in [0.5, 0.6) is 11.8 Å². The van der Waals surface area contributed by atoms with Gasteiger partial charge in [-0.25, -0.2) is 9.37 Å². The summed E-state index contributed by atoms with van der Waals surface area (Å²) in [5, 5.41) is 21.8. The van der Waals surface area contributed by atoms with E-state index >= 15 is 0 Å². The molecule has 1 aromatic carbocycles. The maximum atomic E-state index is 12.9. The summed E-state index contributed by atoms with van der Waals surface area (Å²) >= 11 is 1.47. The van der Waals surface area contributed by atoms with Gasteiger partial charge in [-0.3, -0.25) is 4.57 Å². The molecule has 0 saturated heterocycles. The van der Waals surface area contributed by atoms with Crippen molar-refractivity contribution in [3.05, 3.63) is 58.7 Å². The minimum Gasteiger partial charge on any atom is -0.494 e. The second-order valence-electron chi connectivity index (χ2n) is 4.64. The number of hydrogen-bond acceptors (Lipinski definition) is 4. The molecule has 0 atom stereocenters. The van der Waals surface area contributed by atoms with Crippen LogP contribution in [0.4, 0.5) is 4.39 Å². The fraction of sp³-hybridized carbons (Fsp3) is 0.0625. The molecule has 2 N–H and O–H groups in total. The zero-order valence-corrected chi connectivity index (χ0v) is 12.3.